The van der Waals surface area contributed by atoms with Crippen molar-refractivity contribution in [2.75, 3.05) is 0 Å². The van der Waals surface area contributed by atoms with E-state index in [4.69, 9.17) is 5.11 Å². The van der Waals surface area contributed by atoms with Gasteiger partial charge in [-0.3, -0.25) is 10.1 Å². The molecule has 0 atom stereocenters. The Bertz CT molecular complexity index is 726. The van der Waals surface area contributed by atoms with E-state index in [0.29, 0.717) is 0 Å². The predicted octanol–water partition coefficient (Wildman–Crippen LogP) is 3.44. The molecule has 1 N–H and O–H groups in total. The SMILES string of the molecule is O=C(O)c1sc(-c2ccccc2[N+](=O)[O-])nc1C(F)(F)F. The number of halogens is 3. The zero-order valence-corrected chi connectivity index (χ0v) is 10.7. The molecule has 1 aromatic carbocycles. The molecule has 1 heterocycles. The second-order valence-electron chi connectivity index (χ2n) is 3.77. The lowest BCUT2D eigenvalue weighted by Crippen LogP contribution is -2.11. The van der Waals surface area contributed by atoms with Crippen LogP contribution in [0.2, 0.25) is 0 Å². The number of hydrogen-bond donors (Lipinski definition) is 1. The molecular weight excluding hydrogens is 313 g/mol. The fourth-order valence-electron chi connectivity index (χ4n) is 1.59. The van der Waals surface area contributed by atoms with Crippen molar-refractivity contribution in [3.8, 4) is 10.6 Å². The largest absolute Gasteiger partial charge is 0.477 e. The fraction of sp³-hybridized carbons (Fsp3) is 0.0909. The topological polar surface area (TPSA) is 93.3 Å². The van der Waals surface area contributed by atoms with Gasteiger partial charge in [0.15, 0.2) is 5.69 Å². The Morgan fingerprint density at radius 3 is 2.43 bits per heavy atom. The summed E-state index contributed by atoms with van der Waals surface area (Å²) in [6, 6.07) is 5.04. The number of rotatable bonds is 3. The van der Waals surface area contributed by atoms with Gasteiger partial charge < -0.3 is 5.11 Å². The van der Waals surface area contributed by atoms with E-state index in [0.717, 1.165) is 6.07 Å². The first-order valence-electron chi connectivity index (χ1n) is 5.27. The average Bonchev–Trinajstić information content (AvgIpc) is 2.83. The van der Waals surface area contributed by atoms with Crippen molar-refractivity contribution in [3.05, 3.63) is 45.0 Å². The third kappa shape index (κ3) is 2.84. The summed E-state index contributed by atoms with van der Waals surface area (Å²) in [5.74, 6) is -1.79. The van der Waals surface area contributed by atoms with Gasteiger partial charge in [-0.15, -0.1) is 11.3 Å². The van der Waals surface area contributed by atoms with E-state index in [1.54, 1.807) is 0 Å². The minimum absolute atomic E-state index is 0.162. The first-order chi connectivity index (χ1) is 9.71. The third-order valence-electron chi connectivity index (χ3n) is 2.42. The summed E-state index contributed by atoms with van der Waals surface area (Å²) in [5, 5.41) is 19.3. The Kier molecular flexibility index (Phi) is 3.64. The number of carboxylic acid groups (broad SMARTS) is 1. The van der Waals surface area contributed by atoms with Gasteiger partial charge in [-0.2, -0.15) is 13.2 Å². The molecule has 0 unspecified atom stereocenters. The van der Waals surface area contributed by atoms with E-state index in [-0.39, 0.29) is 21.9 Å². The van der Waals surface area contributed by atoms with Crippen molar-refractivity contribution in [3.63, 3.8) is 0 Å². The van der Waals surface area contributed by atoms with Crippen LogP contribution in [0.3, 0.4) is 0 Å². The van der Waals surface area contributed by atoms with Crippen LogP contribution in [0.25, 0.3) is 10.6 Å². The first kappa shape index (κ1) is 14.9. The quantitative estimate of drug-likeness (QED) is 0.691. The number of carboxylic acids is 1. The van der Waals surface area contributed by atoms with E-state index in [1.807, 2.05) is 0 Å². The highest BCUT2D eigenvalue weighted by Gasteiger charge is 2.40. The molecule has 0 saturated heterocycles. The zero-order chi connectivity index (χ0) is 15.8. The van der Waals surface area contributed by atoms with Crippen molar-refractivity contribution in [1.82, 2.24) is 4.98 Å². The normalized spacial score (nSPS) is 11.4. The molecule has 0 bridgehead atoms. The Morgan fingerprint density at radius 2 is 1.95 bits per heavy atom. The molecule has 1 aromatic heterocycles. The van der Waals surface area contributed by atoms with Crippen LogP contribution in [0, 0.1) is 10.1 Å². The molecule has 0 aliphatic rings. The molecule has 0 spiro atoms. The summed E-state index contributed by atoms with van der Waals surface area (Å²) in [6.07, 6.45) is -4.95. The van der Waals surface area contributed by atoms with Crippen LogP contribution in [-0.2, 0) is 6.18 Å². The van der Waals surface area contributed by atoms with E-state index in [1.165, 1.54) is 18.2 Å². The van der Waals surface area contributed by atoms with E-state index < -0.39 is 33.3 Å². The van der Waals surface area contributed by atoms with Gasteiger partial charge >= 0.3 is 12.1 Å². The van der Waals surface area contributed by atoms with Crippen LogP contribution in [0.1, 0.15) is 15.4 Å². The molecule has 0 aliphatic heterocycles. The molecule has 21 heavy (non-hydrogen) atoms. The van der Waals surface area contributed by atoms with Crippen LogP contribution in [0.15, 0.2) is 24.3 Å². The Labute approximate surface area is 118 Å². The second-order valence-corrected chi connectivity index (χ2v) is 4.77. The maximum atomic E-state index is 12.7. The number of nitro groups is 1. The van der Waals surface area contributed by atoms with Gasteiger partial charge in [-0.1, -0.05) is 12.1 Å². The van der Waals surface area contributed by atoms with Crippen LogP contribution in [0.4, 0.5) is 18.9 Å². The Balaban J connectivity index is 2.67. The third-order valence-corrected chi connectivity index (χ3v) is 3.50. The van der Waals surface area contributed by atoms with E-state index in [9.17, 15) is 28.1 Å². The maximum Gasteiger partial charge on any atom is 0.435 e. The lowest BCUT2D eigenvalue weighted by atomic mass is 10.2. The van der Waals surface area contributed by atoms with Crippen LogP contribution < -0.4 is 0 Å². The summed E-state index contributed by atoms with van der Waals surface area (Å²) in [6.45, 7) is 0. The van der Waals surface area contributed by atoms with Gasteiger partial charge in [0, 0.05) is 6.07 Å². The molecule has 0 fully saturated rings. The molecule has 0 amide bonds. The van der Waals surface area contributed by atoms with Gasteiger partial charge in [-0.05, 0) is 6.07 Å². The zero-order valence-electron chi connectivity index (χ0n) is 9.92. The molecule has 2 aromatic rings. The average molecular weight is 318 g/mol. The molecule has 2 rings (SSSR count). The molecule has 10 heteroatoms. The predicted molar refractivity (Wildman–Crippen MR) is 66.2 cm³/mol. The number of aromatic nitrogens is 1. The number of thiazole rings is 1. The smallest absolute Gasteiger partial charge is 0.435 e. The standard InChI is InChI=1S/C11H5F3N2O4S/c12-11(13,14)8-7(10(17)18)21-9(15-8)5-3-1-2-4-6(5)16(19)20/h1-4H,(H,17,18). The monoisotopic (exact) mass is 318 g/mol. The first-order valence-corrected chi connectivity index (χ1v) is 6.08. The highest BCUT2D eigenvalue weighted by atomic mass is 32.1. The molecular formula is C11H5F3N2O4S. The van der Waals surface area contributed by atoms with Gasteiger partial charge in [0.1, 0.15) is 9.88 Å². The van der Waals surface area contributed by atoms with Gasteiger partial charge in [0.25, 0.3) is 5.69 Å². The number of alkyl halides is 3. The fourth-order valence-corrected chi connectivity index (χ4v) is 2.54. The highest BCUT2D eigenvalue weighted by Crippen LogP contribution is 2.39. The lowest BCUT2D eigenvalue weighted by molar-refractivity contribution is -0.384. The number of nitrogens with zero attached hydrogens (tertiary/aromatic N) is 2. The number of carbonyl (C=O) groups is 1. The number of aromatic carboxylic acids is 1. The summed E-state index contributed by atoms with van der Waals surface area (Å²) >= 11 is 0.244. The van der Waals surface area contributed by atoms with Crippen LogP contribution >= 0.6 is 11.3 Å². The molecule has 110 valence electrons. The Hall–Kier alpha value is -2.49. The van der Waals surface area contributed by atoms with E-state index in [2.05, 4.69) is 4.98 Å². The molecule has 0 radical (unpaired) electrons. The summed E-state index contributed by atoms with van der Waals surface area (Å²) < 4.78 is 38.2. The number of benzene rings is 1. The van der Waals surface area contributed by atoms with Crippen molar-refractivity contribution in [2.24, 2.45) is 0 Å². The van der Waals surface area contributed by atoms with Crippen LogP contribution in [-0.4, -0.2) is 21.0 Å². The number of hydrogen-bond acceptors (Lipinski definition) is 5. The maximum absolute atomic E-state index is 12.7. The molecule has 0 saturated carbocycles. The highest BCUT2D eigenvalue weighted by molar-refractivity contribution is 7.17. The summed E-state index contributed by atoms with van der Waals surface area (Å²) in [5.41, 5.74) is -2.17. The van der Waals surface area contributed by atoms with Crippen molar-refractivity contribution >= 4 is 23.0 Å². The molecule has 0 aliphatic carbocycles. The minimum atomic E-state index is -4.95. The summed E-state index contributed by atoms with van der Waals surface area (Å²) in [7, 11) is 0. The minimum Gasteiger partial charge on any atom is -0.477 e. The van der Waals surface area contributed by atoms with Crippen molar-refractivity contribution < 1.29 is 28.0 Å². The van der Waals surface area contributed by atoms with Crippen LogP contribution in [0.5, 0.6) is 0 Å². The summed E-state index contributed by atoms with van der Waals surface area (Å²) in [4.78, 5) is 23.2. The number of para-hydroxylation sites is 1. The number of nitro benzene ring substituents is 1. The van der Waals surface area contributed by atoms with E-state index >= 15 is 0 Å². The van der Waals surface area contributed by atoms with Crippen molar-refractivity contribution in [1.29, 1.82) is 0 Å². The van der Waals surface area contributed by atoms with Crippen molar-refractivity contribution in [2.45, 2.75) is 6.18 Å². The second kappa shape index (κ2) is 5.13. The Morgan fingerprint density at radius 1 is 1.33 bits per heavy atom. The van der Waals surface area contributed by atoms with Gasteiger partial charge in [0.2, 0.25) is 0 Å². The molecule has 6 nitrogen and oxygen atoms in total. The van der Waals surface area contributed by atoms with Gasteiger partial charge in [-0.25, -0.2) is 9.78 Å². The van der Waals surface area contributed by atoms with Gasteiger partial charge in [0.05, 0.1) is 10.5 Å². The lowest BCUT2D eigenvalue weighted by Gasteiger charge is -2.02.